The van der Waals surface area contributed by atoms with E-state index in [0.29, 0.717) is 29.5 Å². The molecular formula is C20H28N8. The van der Waals surface area contributed by atoms with E-state index < -0.39 is 0 Å². The summed E-state index contributed by atoms with van der Waals surface area (Å²) in [5, 5.41) is 16.8. The summed E-state index contributed by atoms with van der Waals surface area (Å²) in [6.07, 6.45) is 4.04. The smallest absolute Gasteiger partial charge is 0.223 e. The largest absolute Gasteiger partial charge is 0.366 e. The second-order valence-corrected chi connectivity index (χ2v) is 8.20. The van der Waals surface area contributed by atoms with Gasteiger partial charge < -0.3 is 15.5 Å². The molecule has 2 aliphatic rings. The SMILES string of the molecule is CC(C)Nc1nc(C#N)cc2cnc(NC3CC(N4CCN(C)CC4)C3)nc12. The Kier molecular flexibility index (Phi) is 5.29. The molecule has 4 rings (SSSR count). The Balaban J connectivity index is 1.44. The molecule has 8 nitrogen and oxygen atoms in total. The Hall–Kier alpha value is -2.50. The number of piperazine rings is 1. The van der Waals surface area contributed by atoms with Gasteiger partial charge in [-0.05, 0) is 39.8 Å². The van der Waals surface area contributed by atoms with Crippen LogP contribution < -0.4 is 10.6 Å². The van der Waals surface area contributed by atoms with Gasteiger partial charge in [-0.1, -0.05) is 0 Å². The molecule has 1 aliphatic heterocycles. The third kappa shape index (κ3) is 4.01. The van der Waals surface area contributed by atoms with E-state index in [1.807, 2.05) is 13.8 Å². The number of fused-ring (bicyclic) bond motifs is 1. The molecule has 0 radical (unpaired) electrons. The van der Waals surface area contributed by atoms with Gasteiger partial charge in [-0.3, -0.25) is 4.90 Å². The van der Waals surface area contributed by atoms with Crippen LogP contribution in [0.15, 0.2) is 12.3 Å². The van der Waals surface area contributed by atoms with Crippen LogP contribution in [-0.4, -0.2) is 76.1 Å². The maximum absolute atomic E-state index is 9.22. The van der Waals surface area contributed by atoms with Crippen LogP contribution >= 0.6 is 0 Å². The number of hydrogen-bond donors (Lipinski definition) is 2. The monoisotopic (exact) mass is 380 g/mol. The molecule has 1 aliphatic carbocycles. The minimum atomic E-state index is 0.201. The fourth-order valence-corrected chi connectivity index (χ4v) is 3.91. The minimum absolute atomic E-state index is 0.201. The summed E-state index contributed by atoms with van der Waals surface area (Å²) in [5.41, 5.74) is 1.12. The average Bonchev–Trinajstić information content (AvgIpc) is 2.65. The van der Waals surface area contributed by atoms with Crippen molar-refractivity contribution in [2.24, 2.45) is 0 Å². The summed E-state index contributed by atoms with van der Waals surface area (Å²) in [6.45, 7) is 8.73. The van der Waals surface area contributed by atoms with Crippen molar-refractivity contribution in [1.29, 1.82) is 5.26 Å². The van der Waals surface area contributed by atoms with Crippen LogP contribution in [0.2, 0.25) is 0 Å². The first-order valence-corrected chi connectivity index (χ1v) is 10.1. The van der Waals surface area contributed by atoms with Gasteiger partial charge in [0.05, 0.1) is 0 Å². The predicted octanol–water partition coefficient (Wildman–Crippen LogP) is 1.91. The Morgan fingerprint density at radius 3 is 2.61 bits per heavy atom. The predicted molar refractivity (Wildman–Crippen MR) is 110 cm³/mol. The van der Waals surface area contributed by atoms with Crippen LogP contribution in [0.3, 0.4) is 0 Å². The fraction of sp³-hybridized carbons (Fsp3) is 0.600. The van der Waals surface area contributed by atoms with Crippen LogP contribution in [0.4, 0.5) is 11.8 Å². The zero-order valence-electron chi connectivity index (χ0n) is 16.8. The summed E-state index contributed by atoms with van der Waals surface area (Å²) in [7, 11) is 2.19. The highest BCUT2D eigenvalue weighted by molar-refractivity contribution is 5.89. The van der Waals surface area contributed by atoms with E-state index in [1.54, 1.807) is 12.3 Å². The first-order valence-electron chi connectivity index (χ1n) is 10.1. The Labute approximate surface area is 166 Å². The zero-order chi connectivity index (χ0) is 19.7. The van der Waals surface area contributed by atoms with Crippen molar-refractivity contribution in [3.05, 3.63) is 18.0 Å². The highest BCUT2D eigenvalue weighted by atomic mass is 15.3. The van der Waals surface area contributed by atoms with E-state index in [4.69, 9.17) is 4.98 Å². The first kappa shape index (κ1) is 18.8. The summed E-state index contributed by atoms with van der Waals surface area (Å²) < 4.78 is 0. The number of aromatic nitrogens is 3. The third-order valence-corrected chi connectivity index (χ3v) is 5.61. The van der Waals surface area contributed by atoms with E-state index in [-0.39, 0.29) is 6.04 Å². The van der Waals surface area contributed by atoms with Crippen molar-refractivity contribution in [3.8, 4) is 6.07 Å². The topological polar surface area (TPSA) is 93.0 Å². The fourth-order valence-electron chi connectivity index (χ4n) is 3.91. The van der Waals surface area contributed by atoms with Crippen LogP contribution in [0.25, 0.3) is 10.9 Å². The molecule has 0 aromatic carbocycles. The molecule has 1 saturated heterocycles. The molecule has 1 saturated carbocycles. The highest BCUT2D eigenvalue weighted by Gasteiger charge is 2.35. The van der Waals surface area contributed by atoms with Crippen LogP contribution in [0, 0.1) is 11.3 Å². The quantitative estimate of drug-likeness (QED) is 0.813. The lowest BCUT2D eigenvalue weighted by Gasteiger charge is -2.46. The second-order valence-electron chi connectivity index (χ2n) is 8.20. The number of anilines is 2. The summed E-state index contributed by atoms with van der Waals surface area (Å²) in [6, 6.07) is 5.12. The van der Waals surface area contributed by atoms with E-state index in [2.05, 4.69) is 43.5 Å². The minimum Gasteiger partial charge on any atom is -0.366 e. The lowest BCUT2D eigenvalue weighted by molar-refractivity contribution is 0.0656. The molecule has 8 heteroatoms. The zero-order valence-corrected chi connectivity index (χ0v) is 16.8. The standard InChI is InChI=1S/C20H28N8/c1-13(2)23-19-18-14(8-16(11-21)24-19)12-22-20(26-18)25-15-9-17(10-15)28-6-4-27(3)5-7-28/h8,12-13,15,17H,4-7,9-10H2,1-3H3,(H,23,24)(H,22,25,26). The van der Waals surface area contributed by atoms with Crippen LogP contribution in [-0.2, 0) is 0 Å². The highest BCUT2D eigenvalue weighted by Crippen LogP contribution is 2.29. The molecule has 2 N–H and O–H groups in total. The maximum atomic E-state index is 9.22. The molecule has 0 bridgehead atoms. The molecule has 0 unspecified atom stereocenters. The second kappa shape index (κ2) is 7.86. The molecule has 0 atom stereocenters. The number of likely N-dealkylation sites (N-methyl/N-ethyl adjacent to an activating group) is 1. The molecular weight excluding hydrogens is 352 g/mol. The summed E-state index contributed by atoms with van der Waals surface area (Å²) >= 11 is 0. The molecule has 2 fully saturated rings. The average molecular weight is 381 g/mol. The van der Waals surface area contributed by atoms with Gasteiger partial charge in [-0.2, -0.15) is 5.26 Å². The molecule has 0 amide bonds. The Morgan fingerprint density at radius 1 is 1.18 bits per heavy atom. The van der Waals surface area contributed by atoms with Gasteiger partial charge in [-0.15, -0.1) is 0 Å². The van der Waals surface area contributed by atoms with Crippen molar-refractivity contribution in [2.45, 2.75) is 44.8 Å². The van der Waals surface area contributed by atoms with Gasteiger partial charge in [-0.25, -0.2) is 15.0 Å². The van der Waals surface area contributed by atoms with Gasteiger partial charge in [0, 0.05) is 55.9 Å². The summed E-state index contributed by atoms with van der Waals surface area (Å²) in [4.78, 5) is 18.6. The third-order valence-electron chi connectivity index (χ3n) is 5.61. The number of hydrogen-bond acceptors (Lipinski definition) is 8. The van der Waals surface area contributed by atoms with Gasteiger partial charge in [0.1, 0.15) is 17.3 Å². The molecule has 2 aromatic rings. The Morgan fingerprint density at radius 2 is 1.93 bits per heavy atom. The van der Waals surface area contributed by atoms with Crippen molar-refractivity contribution >= 4 is 22.7 Å². The van der Waals surface area contributed by atoms with E-state index in [9.17, 15) is 5.26 Å². The lowest BCUT2D eigenvalue weighted by Crippen LogP contribution is -2.55. The molecule has 28 heavy (non-hydrogen) atoms. The molecule has 0 spiro atoms. The van der Waals surface area contributed by atoms with Gasteiger partial charge in [0.2, 0.25) is 5.95 Å². The Bertz CT molecular complexity index is 876. The van der Waals surface area contributed by atoms with Gasteiger partial charge >= 0.3 is 0 Å². The molecule has 3 heterocycles. The summed E-state index contributed by atoms with van der Waals surface area (Å²) in [5.74, 6) is 1.27. The van der Waals surface area contributed by atoms with Crippen molar-refractivity contribution < 1.29 is 0 Å². The number of pyridine rings is 1. The van der Waals surface area contributed by atoms with Crippen LogP contribution in [0.1, 0.15) is 32.4 Å². The van der Waals surface area contributed by atoms with Gasteiger partial charge in [0.25, 0.3) is 0 Å². The normalized spacial score (nSPS) is 23.4. The number of nitrogens with zero attached hydrogens (tertiary/aromatic N) is 6. The van der Waals surface area contributed by atoms with Crippen molar-refractivity contribution in [2.75, 3.05) is 43.9 Å². The molecule has 148 valence electrons. The van der Waals surface area contributed by atoms with E-state index in [0.717, 1.165) is 49.9 Å². The maximum Gasteiger partial charge on any atom is 0.223 e. The lowest BCUT2D eigenvalue weighted by atomic mass is 9.85. The number of nitriles is 1. The van der Waals surface area contributed by atoms with Crippen molar-refractivity contribution in [1.82, 2.24) is 24.8 Å². The van der Waals surface area contributed by atoms with Crippen LogP contribution in [0.5, 0.6) is 0 Å². The number of rotatable bonds is 5. The van der Waals surface area contributed by atoms with Crippen molar-refractivity contribution in [3.63, 3.8) is 0 Å². The van der Waals surface area contributed by atoms with E-state index >= 15 is 0 Å². The van der Waals surface area contributed by atoms with Gasteiger partial charge in [0.15, 0.2) is 5.82 Å². The molecule has 2 aromatic heterocycles. The van der Waals surface area contributed by atoms with E-state index in [1.165, 1.54) is 0 Å². The first-order chi connectivity index (χ1) is 13.5. The number of nitrogens with one attached hydrogen (secondary N) is 2.